The van der Waals surface area contributed by atoms with E-state index < -0.39 is 0 Å². The Kier molecular flexibility index (Phi) is 15.1. The van der Waals surface area contributed by atoms with Crippen LogP contribution in [0.15, 0.2) is 24.3 Å². The van der Waals surface area contributed by atoms with Crippen molar-refractivity contribution in [3.8, 4) is 0 Å². The highest BCUT2D eigenvalue weighted by atomic mass is 16.6. The van der Waals surface area contributed by atoms with Crippen LogP contribution in [0.3, 0.4) is 0 Å². The summed E-state index contributed by atoms with van der Waals surface area (Å²) >= 11 is 0. The second kappa shape index (κ2) is 19.5. The quantitative estimate of drug-likeness (QED) is 0.0460. The predicted molar refractivity (Wildman–Crippen MR) is 194 cm³/mol. The van der Waals surface area contributed by atoms with Gasteiger partial charge in [0.1, 0.15) is 19.8 Å². The lowest BCUT2D eigenvalue weighted by Gasteiger charge is -2.56. The Hall–Kier alpha value is -2.15. The van der Waals surface area contributed by atoms with Gasteiger partial charge in [-0.3, -0.25) is 14.4 Å². The third-order valence-electron chi connectivity index (χ3n) is 12.6. The van der Waals surface area contributed by atoms with Crippen LogP contribution in [0.2, 0.25) is 0 Å². The van der Waals surface area contributed by atoms with Crippen molar-refractivity contribution in [3.63, 3.8) is 0 Å². The van der Waals surface area contributed by atoms with E-state index in [0.29, 0.717) is 12.8 Å². The van der Waals surface area contributed by atoms with E-state index in [9.17, 15) is 14.4 Å². The van der Waals surface area contributed by atoms with Crippen LogP contribution >= 0.6 is 0 Å². The summed E-state index contributed by atoms with van der Waals surface area (Å²) in [6.45, 7) is 5.44. The van der Waals surface area contributed by atoms with Crippen molar-refractivity contribution in [1.29, 1.82) is 0 Å². The topological polar surface area (TPSA) is 82.1 Å². The van der Waals surface area contributed by atoms with E-state index in [1.54, 1.807) is 0 Å². The second-order valence-corrected chi connectivity index (χ2v) is 16.8. The highest BCUT2D eigenvalue weighted by Gasteiger charge is 2.52. The number of carbonyl (C=O) groups excluding carboxylic acids is 3. The lowest BCUT2D eigenvalue weighted by Crippen LogP contribution is -2.52. The maximum Gasteiger partial charge on any atom is 0.312 e. The van der Waals surface area contributed by atoms with Crippen molar-refractivity contribution in [1.82, 2.24) is 4.90 Å². The van der Waals surface area contributed by atoms with E-state index >= 15 is 0 Å². The first-order valence-corrected chi connectivity index (χ1v) is 20.4. The van der Waals surface area contributed by atoms with Crippen molar-refractivity contribution >= 4 is 17.9 Å². The minimum atomic E-state index is -0.383. The van der Waals surface area contributed by atoms with Gasteiger partial charge in [0, 0.05) is 6.42 Å². The number of hydrogen-bond donors (Lipinski definition) is 0. The second-order valence-electron chi connectivity index (χ2n) is 16.8. The van der Waals surface area contributed by atoms with Crippen molar-refractivity contribution in [3.05, 3.63) is 24.3 Å². The van der Waals surface area contributed by atoms with Crippen LogP contribution in [0.1, 0.15) is 148 Å². The number of fused-ring (bicyclic) bond motifs is 3. The van der Waals surface area contributed by atoms with Crippen molar-refractivity contribution in [2.75, 3.05) is 39.5 Å². The van der Waals surface area contributed by atoms with E-state index in [1.165, 1.54) is 77.0 Å². The van der Waals surface area contributed by atoms with Gasteiger partial charge >= 0.3 is 17.9 Å². The van der Waals surface area contributed by atoms with Gasteiger partial charge in [-0.1, -0.05) is 63.3 Å². The van der Waals surface area contributed by atoms with Crippen LogP contribution in [-0.4, -0.2) is 62.3 Å². The molecule has 0 aromatic rings. The SMILES string of the molecule is CCCCC/C=C\C/C=C\CCCCCCCC(=O)OCC(COC(=O)CC12CC3CC(CC(C3)C1)C2)COC(=O)C12CCN(CC1)CC2. The van der Waals surface area contributed by atoms with E-state index in [-0.39, 0.29) is 54.5 Å². The van der Waals surface area contributed by atoms with Gasteiger partial charge in [0.25, 0.3) is 0 Å². The van der Waals surface area contributed by atoms with Gasteiger partial charge in [-0.2, -0.15) is 0 Å². The molecular formula is C42H67NO6. The standard InChI is InChI=1S/C42H67NO6/c1-2-3-4-5-6-7-8-9-10-11-12-13-14-15-16-17-38(44)47-31-37(33-49-40(46)42-18-21-43(22-19-42)23-20-42)32-48-39(45)30-41-27-34-24-35(28-41)26-36(25-34)29-41/h6-7,9-10,34-37H,2-5,8,11-33H2,1H3/b7-6-,10-9-. The number of carbonyl (C=O) groups is 3. The molecule has 6 bridgehead atoms. The molecule has 7 aliphatic rings. The lowest BCUT2D eigenvalue weighted by molar-refractivity contribution is -0.168. The van der Waals surface area contributed by atoms with Gasteiger partial charge in [0.2, 0.25) is 0 Å². The molecule has 1 atom stereocenters. The smallest absolute Gasteiger partial charge is 0.312 e. The normalized spacial score (nSPS) is 30.6. The first kappa shape index (κ1) is 38.1. The van der Waals surface area contributed by atoms with Crippen LogP contribution in [0.4, 0.5) is 0 Å². The number of ether oxygens (including phenoxy) is 3. The highest BCUT2D eigenvalue weighted by molar-refractivity contribution is 5.77. The summed E-state index contributed by atoms with van der Waals surface area (Å²) in [6.07, 6.45) is 32.7. The van der Waals surface area contributed by atoms with Crippen LogP contribution in [0, 0.1) is 34.5 Å². The fourth-order valence-electron chi connectivity index (χ4n) is 10.1. The van der Waals surface area contributed by atoms with Crippen LogP contribution in [0.25, 0.3) is 0 Å². The Labute approximate surface area is 297 Å². The number of unbranched alkanes of at least 4 members (excludes halogenated alkanes) is 8. The van der Waals surface area contributed by atoms with E-state index in [4.69, 9.17) is 14.2 Å². The molecule has 49 heavy (non-hydrogen) atoms. The number of allylic oxidation sites excluding steroid dienone is 4. The number of hydrogen-bond acceptors (Lipinski definition) is 7. The number of piperidine rings is 3. The molecule has 7 rings (SSSR count). The summed E-state index contributed by atoms with van der Waals surface area (Å²) in [7, 11) is 0. The maximum atomic E-state index is 13.3. The van der Waals surface area contributed by atoms with Gasteiger partial charge in [-0.15, -0.1) is 0 Å². The zero-order valence-corrected chi connectivity index (χ0v) is 30.8. The summed E-state index contributed by atoms with van der Waals surface area (Å²) in [5.74, 6) is 1.52. The van der Waals surface area contributed by atoms with Gasteiger partial charge in [-0.25, -0.2) is 0 Å². The fourth-order valence-corrected chi connectivity index (χ4v) is 10.1. The minimum Gasteiger partial charge on any atom is -0.465 e. The van der Waals surface area contributed by atoms with E-state index in [0.717, 1.165) is 88.8 Å². The average molecular weight is 682 g/mol. The van der Waals surface area contributed by atoms with E-state index in [2.05, 4.69) is 36.1 Å². The van der Waals surface area contributed by atoms with Crippen LogP contribution < -0.4 is 0 Å². The summed E-state index contributed by atoms with van der Waals surface area (Å²) < 4.78 is 17.5. The maximum absolute atomic E-state index is 13.3. The number of nitrogens with zero attached hydrogens (tertiary/aromatic N) is 1. The molecule has 0 N–H and O–H groups in total. The Balaban J connectivity index is 0.978. The van der Waals surface area contributed by atoms with E-state index in [1.807, 2.05) is 0 Å². The molecular weight excluding hydrogens is 614 g/mol. The molecule has 276 valence electrons. The largest absolute Gasteiger partial charge is 0.465 e. The van der Waals surface area contributed by atoms with Crippen molar-refractivity contribution in [2.24, 2.45) is 34.5 Å². The molecule has 4 saturated carbocycles. The molecule has 3 saturated heterocycles. The third kappa shape index (κ3) is 12.0. The first-order valence-electron chi connectivity index (χ1n) is 20.4. The molecule has 7 fully saturated rings. The van der Waals surface area contributed by atoms with Crippen LogP contribution in [-0.2, 0) is 28.6 Å². The Morgan fingerprint density at radius 1 is 0.673 bits per heavy atom. The zero-order valence-electron chi connectivity index (χ0n) is 30.8. The van der Waals surface area contributed by atoms with Gasteiger partial charge in [0.15, 0.2) is 0 Å². The molecule has 7 heteroatoms. The average Bonchev–Trinajstić information content (AvgIpc) is 3.09. The third-order valence-corrected chi connectivity index (χ3v) is 12.6. The molecule has 0 radical (unpaired) electrons. The monoisotopic (exact) mass is 681 g/mol. The molecule has 7 nitrogen and oxygen atoms in total. The predicted octanol–water partition coefficient (Wildman–Crippen LogP) is 9.14. The molecule has 0 aromatic carbocycles. The molecule has 0 spiro atoms. The molecule has 0 aromatic heterocycles. The van der Waals surface area contributed by atoms with Crippen molar-refractivity contribution < 1.29 is 28.6 Å². The first-order chi connectivity index (χ1) is 23.9. The Bertz CT molecular complexity index is 1060. The van der Waals surface area contributed by atoms with Gasteiger partial charge in [0.05, 0.1) is 17.8 Å². The summed E-state index contributed by atoms with van der Waals surface area (Å²) in [4.78, 5) is 41.5. The molecule has 1 unspecified atom stereocenters. The Morgan fingerprint density at radius 3 is 1.82 bits per heavy atom. The summed E-state index contributed by atoms with van der Waals surface area (Å²) in [6, 6.07) is 0. The van der Waals surface area contributed by atoms with Gasteiger partial charge < -0.3 is 19.1 Å². The van der Waals surface area contributed by atoms with Crippen LogP contribution in [0.5, 0.6) is 0 Å². The van der Waals surface area contributed by atoms with Gasteiger partial charge in [-0.05, 0) is 139 Å². The van der Waals surface area contributed by atoms with Crippen molar-refractivity contribution in [2.45, 2.75) is 148 Å². The number of esters is 3. The number of rotatable bonds is 23. The fraction of sp³-hybridized carbons (Fsp3) is 0.833. The molecule has 3 aliphatic heterocycles. The minimum absolute atomic E-state index is 0.109. The zero-order chi connectivity index (χ0) is 34.4. The Morgan fingerprint density at radius 2 is 1.20 bits per heavy atom. The summed E-state index contributed by atoms with van der Waals surface area (Å²) in [5.41, 5.74) is -0.261. The highest BCUT2D eigenvalue weighted by Crippen LogP contribution is 2.61. The summed E-state index contributed by atoms with van der Waals surface area (Å²) in [5, 5.41) is 0. The molecule has 3 heterocycles. The molecule has 0 amide bonds. The molecule has 4 aliphatic carbocycles. The lowest BCUT2D eigenvalue weighted by atomic mass is 9.49.